The van der Waals surface area contributed by atoms with E-state index < -0.39 is 0 Å². The van der Waals surface area contributed by atoms with Gasteiger partial charge in [-0.3, -0.25) is 4.99 Å². The summed E-state index contributed by atoms with van der Waals surface area (Å²) < 4.78 is 24.2. The SMILES string of the molecule is CN=C(NCc1ccc(OC)c(F)c1)N(C)CCOCC1CC1. The average Bonchev–Trinajstić information content (AvgIpc) is 3.36. The number of rotatable bonds is 8. The molecule has 1 aliphatic carbocycles. The Balaban J connectivity index is 1.75. The van der Waals surface area contributed by atoms with Gasteiger partial charge in [0.05, 0.1) is 13.7 Å². The van der Waals surface area contributed by atoms with Crippen LogP contribution in [0, 0.1) is 11.7 Å². The Morgan fingerprint density at radius 2 is 2.22 bits per heavy atom. The van der Waals surface area contributed by atoms with E-state index in [1.807, 2.05) is 18.0 Å². The van der Waals surface area contributed by atoms with Gasteiger partial charge in [-0.1, -0.05) is 6.07 Å². The molecule has 0 heterocycles. The van der Waals surface area contributed by atoms with E-state index in [1.165, 1.54) is 26.0 Å². The highest BCUT2D eigenvalue weighted by Gasteiger charge is 2.21. The Morgan fingerprint density at radius 1 is 1.43 bits per heavy atom. The van der Waals surface area contributed by atoms with E-state index in [2.05, 4.69) is 10.3 Å². The van der Waals surface area contributed by atoms with Crippen molar-refractivity contribution in [2.75, 3.05) is 41.0 Å². The zero-order valence-electron chi connectivity index (χ0n) is 14.1. The molecule has 0 atom stereocenters. The van der Waals surface area contributed by atoms with Crippen molar-refractivity contribution in [2.24, 2.45) is 10.9 Å². The fraction of sp³-hybridized carbons (Fsp3) is 0.588. The number of hydrogen-bond acceptors (Lipinski definition) is 3. The van der Waals surface area contributed by atoms with E-state index >= 15 is 0 Å². The molecule has 5 nitrogen and oxygen atoms in total. The summed E-state index contributed by atoms with van der Waals surface area (Å²) in [5, 5.41) is 3.23. The van der Waals surface area contributed by atoms with Gasteiger partial charge >= 0.3 is 0 Å². The standard InChI is InChI=1S/C17H26FN3O2/c1-19-17(21(2)8-9-23-12-13-4-5-13)20-11-14-6-7-16(22-3)15(18)10-14/h6-7,10,13H,4-5,8-9,11-12H2,1-3H3,(H,19,20). The van der Waals surface area contributed by atoms with Gasteiger partial charge in [0, 0.05) is 33.8 Å². The summed E-state index contributed by atoms with van der Waals surface area (Å²) >= 11 is 0. The van der Waals surface area contributed by atoms with Gasteiger partial charge in [0.25, 0.3) is 0 Å². The minimum Gasteiger partial charge on any atom is -0.494 e. The van der Waals surface area contributed by atoms with Crippen molar-refractivity contribution in [3.63, 3.8) is 0 Å². The average molecular weight is 323 g/mol. The Hall–Kier alpha value is -1.82. The number of likely N-dealkylation sites (N-methyl/N-ethyl adjacent to an activating group) is 1. The fourth-order valence-electron chi connectivity index (χ4n) is 2.23. The second-order valence-electron chi connectivity index (χ2n) is 5.81. The Kier molecular flexibility index (Phi) is 6.65. The van der Waals surface area contributed by atoms with Gasteiger partial charge in [0.15, 0.2) is 17.5 Å². The number of halogens is 1. The summed E-state index contributed by atoms with van der Waals surface area (Å²) in [6.45, 7) is 2.82. The second kappa shape index (κ2) is 8.72. The number of ether oxygens (including phenoxy) is 2. The number of methoxy groups -OCH3 is 1. The quantitative estimate of drug-likeness (QED) is 0.453. The van der Waals surface area contributed by atoms with Crippen LogP contribution in [0.3, 0.4) is 0 Å². The minimum absolute atomic E-state index is 0.253. The summed E-state index contributed by atoms with van der Waals surface area (Å²) in [5.41, 5.74) is 0.836. The molecule has 0 unspecified atom stereocenters. The lowest BCUT2D eigenvalue weighted by Gasteiger charge is -2.22. The van der Waals surface area contributed by atoms with Crippen LogP contribution in [0.4, 0.5) is 4.39 Å². The molecule has 2 rings (SSSR count). The van der Waals surface area contributed by atoms with Gasteiger partial charge in [0.1, 0.15) is 0 Å². The van der Waals surface area contributed by atoms with Crippen LogP contribution in [0.5, 0.6) is 5.75 Å². The molecule has 0 radical (unpaired) electrons. The van der Waals surface area contributed by atoms with Gasteiger partial charge < -0.3 is 19.7 Å². The van der Waals surface area contributed by atoms with E-state index in [0.717, 1.165) is 30.6 Å². The molecule has 1 N–H and O–H groups in total. The molecule has 1 aromatic rings. The van der Waals surface area contributed by atoms with Crippen LogP contribution < -0.4 is 10.1 Å². The molecule has 1 aliphatic rings. The van der Waals surface area contributed by atoms with Crippen LogP contribution in [0.15, 0.2) is 23.2 Å². The summed E-state index contributed by atoms with van der Waals surface area (Å²) in [5.74, 6) is 1.44. The van der Waals surface area contributed by atoms with Crippen LogP contribution in [0.25, 0.3) is 0 Å². The van der Waals surface area contributed by atoms with E-state index in [9.17, 15) is 4.39 Å². The van der Waals surface area contributed by atoms with Gasteiger partial charge in [0.2, 0.25) is 0 Å². The van der Waals surface area contributed by atoms with Gasteiger partial charge in [-0.05, 0) is 36.5 Å². The number of nitrogens with one attached hydrogen (secondary N) is 1. The zero-order valence-corrected chi connectivity index (χ0v) is 14.1. The Bertz CT molecular complexity index is 533. The molecule has 6 heteroatoms. The van der Waals surface area contributed by atoms with Gasteiger partial charge in [-0.2, -0.15) is 0 Å². The first-order valence-electron chi connectivity index (χ1n) is 7.96. The van der Waals surface area contributed by atoms with Crippen molar-refractivity contribution >= 4 is 5.96 Å². The molecule has 0 aliphatic heterocycles. The molecule has 0 amide bonds. The predicted molar refractivity (Wildman–Crippen MR) is 89.3 cm³/mol. The minimum atomic E-state index is -0.358. The first kappa shape index (κ1) is 17.5. The van der Waals surface area contributed by atoms with E-state index in [4.69, 9.17) is 9.47 Å². The Morgan fingerprint density at radius 3 is 2.83 bits per heavy atom. The summed E-state index contributed by atoms with van der Waals surface area (Å²) in [6, 6.07) is 4.93. The maximum absolute atomic E-state index is 13.7. The van der Waals surface area contributed by atoms with Gasteiger partial charge in [-0.15, -0.1) is 0 Å². The van der Waals surface area contributed by atoms with Crippen LogP contribution in [-0.4, -0.2) is 51.8 Å². The highest BCUT2D eigenvalue weighted by molar-refractivity contribution is 5.79. The third-order valence-electron chi connectivity index (χ3n) is 3.86. The first-order valence-corrected chi connectivity index (χ1v) is 7.96. The lowest BCUT2D eigenvalue weighted by Crippen LogP contribution is -2.40. The maximum atomic E-state index is 13.7. The summed E-state index contributed by atoms with van der Waals surface area (Å²) in [6.07, 6.45) is 2.61. The molecule has 0 saturated heterocycles. The fourth-order valence-corrected chi connectivity index (χ4v) is 2.23. The van der Waals surface area contributed by atoms with E-state index in [1.54, 1.807) is 13.1 Å². The molecule has 0 spiro atoms. The molecule has 1 saturated carbocycles. The van der Waals surface area contributed by atoms with Crippen molar-refractivity contribution in [1.82, 2.24) is 10.2 Å². The third-order valence-corrected chi connectivity index (χ3v) is 3.86. The number of guanidine groups is 1. The highest BCUT2D eigenvalue weighted by Crippen LogP contribution is 2.28. The smallest absolute Gasteiger partial charge is 0.193 e. The first-order chi connectivity index (χ1) is 11.1. The number of aliphatic imine (C=N–C) groups is 1. The van der Waals surface area contributed by atoms with Crippen LogP contribution in [0.2, 0.25) is 0 Å². The predicted octanol–water partition coefficient (Wildman–Crippen LogP) is 2.27. The molecule has 23 heavy (non-hydrogen) atoms. The summed E-state index contributed by atoms with van der Waals surface area (Å²) in [4.78, 5) is 6.25. The van der Waals surface area contributed by atoms with Crippen LogP contribution in [0.1, 0.15) is 18.4 Å². The van der Waals surface area contributed by atoms with Crippen LogP contribution >= 0.6 is 0 Å². The molecular formula is C17H26FN3O2. The largest absolute Gasteiger partial charge is 0.494 e. The number of nitrogens with zero attached hydrogens (tertiary/aromatic N) is 2. The molecule has 128 valence electrons. The van der Waals surface area contributed by atoms with Crippen molar-refractivity contribution in [3.8, 4) is 5.75 Å². The van der Waals surface area contributed by atoms with Crippen molar-refractivity contribution in [2.45, 2.75) is 19.4 Å². The maximum Gasteiger partial charge on any atom is 0.193 e. The molecule has 1 aromatic carbocycles. The molecule has 0 bridgehead atoms. The van der Waals surface area contributed by atoms with Crippen molar-refractivity contribution in [1.29, 1.82) is 0 Å². The second-order valence-corrected chi connectivity index (χ2v) is 5.81. The summed E-state index contributed by atoms with van der Waals surface area (Å²) in [7, 11) is 5.15. The number of hydrogen-bond donors (Lipinski definition) is 1. The van der Waals surface area contributed by atoms with Crippen molar-refractivity contribution in [3.05, 3.63) is 29.6 Å². The van der Waals surface area contributed by atoms with E-state index in [-0.39, 0.29) is 11.6 Å². The zero-order chi connectivity index (χ0) is 16.7. The lowest BCUT2D eigenvalue weighted by molar-refractivity contribution is 0.115. The van der Waals surface area contributed by atoms with Gasteiger partial charge in [-0.25, -0.2) is 4.39 Å². The molecule has 0 aromatic heterocycles. The topological polar surface area (TPSA) is 46.1 Å². The normalized spacial score (nSPS) is 14.7. The monoisotopic (exact) mass is 323 g/mol. The lowest BCUT2D eigenvalue weighted by atomic mass is 10.2. The Labute approximate surface area is 137 Å². The molecular weight excluding hydrogens is 297 g/mol. The molecule has 1 fully saturated rings. The highest BCUT2D eigenvalue weighted by atomic mass is 19.1. The van der Waals surface area contributed by atoms with Crippen molar-refractivity contribution < 1.29 is 13.9 Å². The van der Waals surface area contributed by atoms with Crippen LogP contribution in [-0.2, 0) is 11.3 Å². The number of benzene rings is 1. The van der Waals surface area contributed by atoms with E-state index in [0.29, 0.717) is 13.2 Å². The third kappa shape index (κ3) is 5.71.